The van der Waals surface area contributed by atoms with Crippen molar-refractivity contribution in [3.63, 3.8) is 0 Å². The van der Waals surface area contributed by atoms with Crippen molar-refractivity contribution in [1.82, 2.24) is 4.90 Å². The molecule has 132 valence electrons. The molecule has 1 atom stereocenters. The van der Waals surface area contributed by atoms with Crippen LogP contribution in [0.3, 0.4) is 0 Å². The number of para-hydroxylation sites is 1. The van der Waals surface area contributed by atoms with E-state index in [4.69, 9.17) is 0 Å². The Hall–Kier alpha value is -1.56. The third-order valence-electron chi connectivity index (χ3n) is 3.52. The number of nitrogens with two attached hydrogens (primary N) is 1. The number of hydrogen-bond donors (Lipinski definition) is 2. The van der Waals surface area contributed by atoms with Crippen LogP contribution in [0.15, 0.2) is 59.4 Å². The summed E-state index contributed by atoms with van der Waals surface area (Å²) < 4.78 is 0. The summed E-state index contributed by atoms with van der Waals surface area (Å²) in [5, 5.41) is 8.96. The Kier molecular flexibility index (Phi) is 10.2. The topological polar surface area (TPSA) is 35.5 Å². The van der Waals surface area contributed by atoms with Crippen LogP contribution in [-0.4, -0.2) is 50.1 Å². The van der Waals surface area contributed by atoms with Gasteiger partial charge in [-0.15, -0.1) is 0 Å². The molecular formula is C19H31N4S+. The zero-order chi connectivity index (χ0) is 17.8. The summed E-state index contributed by atoms with van der Waals surface area (Å²) in [5.41, 5.74) is 2.16. The highest BCUT2D eigenvalue weighted by atomic mass is 32.1. The molecule has 2 N–H and O–H groups in total. The van der Waals surface area contributed by atoms with E-state index in [1.165, 1.54) is 0 Å². The second-order valence-electron chi connectivity index (χ2n) is 5.89. The lowest BCUT2D eigenvalue weighted by atomic mass is 10.3. The molecule has 0 spiro atoms. The van der Waals surface area contributed by atoms with Gasteiger partial charge in [-0.25, -0.2) is 0 Å². The van der Waals surface area contributed by atoms with Crippen LogP contribution in [0.2, 0.25) is 0 Å². The molecule has 0 aromatic heterocycles. The molecule has 1 aromatic rings. The lowest BCUT2D eigenvalue weighted by Crippen LogP contribution is -2.79. The Bertz CT molecular complexity index is 538. The number of quaternary nitrogens is 1. The maximum atomic E-state index is 4.48. The molecule has 0 heterocycles. The normalized spacial score (nSPS) is 14.0. The molecule has 1 aromatic carbocycles. The van der Waals surface area contributed by atoms with Gasteiger partial charge >= 0.3 is 0 Å². The van der Waals surface area contributed by atoms with E-state index < -0.39 is 0 Å². The molecule has 0 saturated heterocycles. The van der Waals surface area contributed by atoms with Crippen LogP contribution in [0.4, 0.5) is 5.69 Å². The Morgan fingerprint density at radius 1 is 1.29 bits per heavy atom. The highest BCUT2D eigenvalue weighted by Gasteiger charge is 2.01. The summed E-state index contributed by atoms with van der Waals surface area (Å²) in [6.45, 7) is 7.24. The van der Waals surface area contributed by atoms with Crippen LogP contribution >= 0.6 is 12.6 Å². The highest BCUT2D eigenvalue weighted by molar-refractivity contribution is 7.80. The van der Waals surface area contributed by atoms with Crippen molar-refractivity contribution < 1.29 is 5.32 Å². The second-order valence-corrected chi connectivity index (χ2v) is 6.77. The molecule has 0 aliphatic rings. The van der Waals surface area contributed by atoms with Gasteiger partial charge in [0.15, 0.2) is 0 Å². The Balaban J connectivity index is 2.38. The minimum Gasteiger partial charge on any atom is -0.319 e. The molecule has 5 heteroatoms. The minimum absolute atomic E-state index is 0.415. The lowest BCUT2D eigenvalue weighted by Gasteiger charge is -2.16. The van der Waals surface area contributed by atoms with Crippen LogP contribution in [0.25, 0.3) is 0 Å². The monoisotopic (exact) mass is 347 g/mol. The van der Waals surface area contributed by atoms with E-state index in [1.54, 1.807) is 0 Å². The number of hydrazone groups is 1. The molecule has 0 aliphatic heterocycles. The standard InChI is InChI=1S/C19H30N4S/c1-5-18(11-12-20-13-14-22(3)16-17(2)24)15-21-23(4)19-9-7-6-8-10-19/h5-12,15,17,20,24H,13-14,16H2,1-4H3/p+1/b12-11-,18-5+,21-15+. The SMILES string of the molecule is C/C=C(\C=C/[NH2+]CCN(C)CC(C)S)/C=N/N(C)c1ccccc1. The van der Waals surface area contributed by atoms with E-state index >= 15 is 0 Å². The fourth-order valence-electron chi connectivity index (χ4n) is 2.19. The smallest absolute Gasteiger partial charge is 0.0932 e. The number of rotatable bonds is 10. The summed E-state index contributed by atoms with van der Waals surface area (Å²) in [7, 11) is 4.08. The van der Waals surface area contributed by atoms with E-state index in [-0.39, 0.29) is 0 Å². The van der Waals surface area contributed by atoms with Crippen molar-refractivity contribution in [2.24, 2.45) is 5.10 Å². The average molecular weight is 348 g/mol. The van der Waals surface area contributed by atoms with Crippen LogP contribution in [0, 0.1) is 0 Å². The molecule has 0 radical (unpaired) electrons. The third kappa shape index (κ3) is 8.91. The van der Waals surface area contributed by atoms with Crippen molar-refractivity contribution in [3.8, 4) is 0 Å². The quantitative estimate of drug-likeness (QED) is 0.224. The third-order valence-corrected chi connectivity index (χ3v) is 3.68. The van der Waals surface area contributed by atoms with Crippen LogP contribution < -0.4 is 10.3 Å². The number of allylic oxidation sites excluding steroid dienone is 3. The number of likely N-dealkylation sites (N-methyl/N-ethyl adjacent to an activating group) is 1. The fourth-order valence-corrected chi connectivity index (χ4v) is 2.47. The average Bonchev–Trinajstić information content (AvgIpc) is 2.57. The molecular weight excluding hydrogens is 316 g/mol. The predicted octanol–water partition coefficient (Wildman–Crippen LogP) is 2.38. The van der Waals surface area contributed by atoms with E-state index in [0.29, 0.717) is 5.25 Å². The Morgan fingerprint density at radius 3 is 2.62 bits per heavy atom. The zero-order valence-corrected chi connectivity index (χ0v) is 16.2. The number of benzene rings is 1. The zero-order valence-electron chi connectivity index (χ0n) is 15.3. The van der Waals surface area contributed by atoms with Crippen molar-refractivity contribution in [1.29, 1.82) is 0 Å². The van der Waals surface area contributed by atoms with Gasteiger partial charge in [-0.05, 0) is 37.8 Å². The van der Waals surface area contributed by atoms with E-state index in [9.17, 15) is 0 Å². The fraction of sp³-hybridized carbons (Fsp3) is 0.421. The van der Waals surface area contributed by atoms with Gasteiger partial charge in [0, 0.05) is 25.4 Å². The summed E-state index contributed by atoms with van der Waals surface area (Å²) in [4.78, 5) is 2.30. The van der Waals surface area contributed by atoms with Gasteiger partial charge < -0.3 is 5.32 Å². The first-order valence-corrected chi connectivity index (χ1v) is 8.90. The molecule has 0 amide bonds. The van der Waals surface area contributed by atoms with Gasteiger partial charge in [-0.1, -0.05) is 31.2 Å². The second kappa shape index (κ2) is 11.9. The largest absolute Gasteiger partial charge is 0.319 e. The van der Waals surface area contributed by atoms with Crippen molar-refractivity contribution >= 4 is 24.5 Å². The van der Waals surface area contributed by atoms with E-state index in [0.717, 1.165) is 30.9 Å². The molecule has 0 saturated carbocycles. The van der Waals surface area contributed by atoms with Gasteiger partial charge in [-0.2, -0.15) is 17.7 Å². The first kappa shape index (κ1) is 20.5. The molecule has 4 nitrogen and oxygen atoms in total. The maximum absolute atomic E-state index is 4.48. The first-order chi connectivity index (χ1) is 11.5. The van der Waals surface area contributed by atoms with Gasteiger partial charge in [0.1, 0.15) is 0 Å². The molecule has 1 rings (SSSR count). The lowest BCUT2D eigenvalue weighted by molar-refractivity contribution is -0.587. The van der Waals surface area contributed by atoms with E-state index in [1.807, 2.05) is 55.5 Å². The van der Waals surface area contributed by atoms with Crippen LogP contribution in [-0.2, 0) is 0 Å². The summed E-state index contributed by atoms with van der Waals surface area (Å²) >= 11 is 4.41. The maximum Gasteiger partial charge on any atom is 0.0932 e. The molecule has 0 aliphatic carbocycles. The van der Waals surface area contributed by atoms with Gasteiger partial charge in [0.2, 0.25) is 0 Å². The number of anilines is 1. The van der Waals surface area contributed by atoms with Gasteiger partial charge in [0.05, 0.1) is 24.6 Å². The number of thiol groups is 1. The van der Waals surface area contributed by atoms with Crippen LogP contribution in [0.1, 0.15) is 13.8 Å². The summed E-state index contributed by atoms with van der Waals surface area (Å²) in [5.74, 6) is 0. The predicted molar refractivity (Wildman–Crippen MR) is 109 cm³/mol. The Labute approximate surface area is 152 Å². The van der Waals surface area contributed by atoms with Crippen molar-refractivity contribution in [2.45, 2.75) is 19.1 Å². The molecule has 0 fully saturated rings. The van der Waals surface area contributed by atoms with Crippen LogP contribution in [0.5, 0.6) is 0 Å². The summed E-state index contributed by atoms with van der Waals surface area (Å²) in [6, 6.07) is 10.1. The van der Waals surface area contributed by atoms with Gasteiger partial charge in [-0.3, -0.25) is 9.91 Å². The highest BCUT2D eigenvalue weighted by Crippen LogP contribution is 2.10. The summed E-state index contributed by atoms with van der Waals surface area (Å²) in [6.07, 6.45) is 8.12. The van der Waals surface area contributed by atoms with Crippen molar-refractivity contribution in [2.75, 3.05) is 38.7 Å². The molecule has 24 heavy (non-hydrogen) atoms. The van der Waals surface area contributed by atoms with E-state index in [2.05, 4.69) is 60.3 Å². The molecule has 1 unspecified atom stereocenters. The number of nitrogens with zero attached hydrogens (tertiary/aromatic N) is 3. The Morgan fingerprint density at radius 2 is 2.00 bits per heavy atom. The van der Waals surface area contributed by atoms with Crippen molar-refractivity contribution in [3.05, 3.63) is 54.3 Å². The van der Waals surface area contributed by atoms with Gasteiger partial charge in [0.25, 0.3) is 0 Å². The molecule has 0 bridgehead atoms. The number of hydrogen-bond acceptors (Lipinski definition) is 4. The minimum atomic E-state index is 0.415. The first-order valence-electron chi connectivity index (χ1n) is 8.38.